The number of alkyl halides is 3. The lowest BCUT2D eigenvalue weighted by Gasteiger charge is -2.13. The van der Waals surface area contributed by atoms with Crippen molar-refractivity contribution < 1.29 is 27.4 Å². The van der Waals surface area contributed by atoms with Gasteiger partial charge in [-0.05, 0) is 30.2 Å². The number of carbonyl (C=O) groups excluding carboxylic acids is 1. The van der Waals surface area contributed by atoms with Crippen LogP contribution in [0.3, 0.4) is 0 Å². The fourth-order valence-electron chi connectivity index (χ4n) is 2.21. The summed E-state index contributed by atoms with van der Waals surface area (Å²) >= 11 is 0. The van der Waals surface area contributed by atoms with Crippen molar-refractivity contribution in [1.29, 1.82) is 0 Å². The van der Waals surface area contributed by atoms with Crippen LogP contribution in [0.15, 0.2) is 48.5 Å². The van der Waals surface area contributed by atoms with E-state index in [0.29, 0.717) is 6.42 Å². The molecule has 0 saturated heterocycles. The van der Waals surface area contributed by atoms with E-state index in [4.69, 9.17) is 4.74 Å². The van der Waals surface area contributed by atoms with Gasteiger partial charge in [-0.3, -0.25) is 4.79 Å². The van der Waals surface area contributed by atoms with Gasteiger partial charge in [0.05, 0.1) is 7.11 Å². The normalized spacial score (nSPS) is 11.0. The molecule has 4 nitrogen and oxygen atoms in total. The average molecular weight is 353 g/mol. The molecule has 0 unspecified atom stereocenters. The zero-order chi connectivity index (χ0) is 18.3. The molecule has 0 bridgehead atoms. The number of rotatable bonds is 7. The number of carbonyl (C=O) groups is 1. The summed E-state index contributed by atoms with van der Waals surface area (Å²) in [5.41, 5.74) is 1.23. The van der Waals surface area contributed by atoms with E-state index in [1.807, 2.05) is 12.1 Å². The standard InChI is InChI=1S/C18H18F3NO3/c1-24-15-9-6-13(7-10-15)8-11-17(23)22-12-14-4-2-3-5-16(14)25-18(19,20)21/h2-7,9-10H,8,11-12H2,1H3,(H,22,23). The van der Waals surface area contributed by atoms with E-state index in [1.165, 1.54) is 18.2 Å². The maximum atomic E-state index is 12.4. The summed E-state index contributed by atoms with van der Waals surface area (Å²) in [5, 5.41) is 2.61. The zero-order valence-electron chi connectivity index (χ0n) is 13.6. The molecule has 0 atom stereocenters. The molecule has 0 fully saturated rings. The maximum Gasteiger partial charge on any atom is 0.573 e. The molecule has 0 aliphatic carbocycles. The van der Waals surface area contributed by atoms with Crippen molar-refractivity contribution in [1.82, 2.24) is 5.32 Å². The number of para-hydroxylation sites is 1. The maximum absolute atomic E-state index is 12.4. The molecule has 25 heavy (non-hydrogen) atoms. The predicted octanol–water partition coefficient (Wildman–Crippen LogP) is 3.84. The second-order valence-corrected chi connectivity index (χ2v) is 5.28. The van der Waals surface area contributed by atoms with E-state index in [-0.39, 0.29) is 30.2 Å². The minimum absolute atomic E-state index is 0.0340. The Morgan fingerprint density at radius 3 is 2.40 bits per heavy atom. The number of aryl methyl sites for hydroxylation is 1. The van der Waals surface area contributed by atoms with Gasteiger partial charge in [0.25, 0.3) is 0 Å². The van der Waals surface area contributed by atoms with Crippen LogP contribution in [0.25, 0.3) is 0 Å². The van der Waals surface area contributed by atoms with Crippen LogP contribution >= 0.6 is 0 Å². The quantitative estimate of drug-likeness (QED) is 0.823. The summed E-state index contributed by atoms with van der Waals surface area (Å²) in [6, 6.07) is 13.0. The van der Waals surface area contributed by atoms with E-state index < -0.39 is 6.36 Å². The molecule has 2 aromatic rings. The van der Waals surface area contributed by atoms with Crippen LogP contribution in [0.1, 0.15) is 17.5 Å². The largest absolute Gasteiger partial charge is 0.573 e. The molecule has 0 aliphatic heterocycles. The third-order valence-corrected chi connectivity index (χ3v) is 3.47. The molecule has 0 aromatic heterocycles. The van der Waals surface area contributed by atoms with Gasteiger partial charge in [0.1, 0.15) is 11.5 Å². The molecule has 2 rings (SSSR count). The minimum atomic E-state index is -4.77. The van der Waals surface area contributed by atoms with Crippen LogP contribution in [0.5, 0.6) is 11.5 Å². The van der Waals surface area contributed by atoms with Crippen molar-refractivity contribution in [3.8, 4) is 11.5 Å². The number of methoxy groups -OCH3 is 1. The zero-order valence-corrected chi connectivity index (χ0v) is 13.6. The molecule has 0 saturated carbocycles. The number of benzene rings is 2. The fourth-order valence-corrected chi connectivity index (χ4v) is 2.21. The van der Waals surface area contributed by atoms with Gasteiger partial charge in [0, 0.05) is 18.5 Å². The van der Waals surface area contributed by atoms with Crippen molar-refractivity contribution in [3.05, 3.63) is 59.7 Å². The lowest BCUT2D eigenvalue weighted by molar-refractivity contribution is -0.274. The molecular weight excluding hydrogens is 335 g/mol. The van der Waals surface area contributed by atoms with E-state index in [9.17, 15) is 18.0 Å². The second-order valence-electron chi connectivity index (χ2n) is 5.28. The minimum Gasteiger partial charge on any atom is -0.497 e. The summed E-state index contributed by atoms with van der Waals surface area (Å²) in [6.07, 6.45) is -4.01. The van der Waals surface area contributed by atoms with Crippen molar-refractivity contribution >= 4 is 5.91 Å². The Labute approximate surface area is 143 Å². The molecule has 134 valence electrons. The summed E-state index contributed by atoms with van der Waals surface area (Å²) < 4.78 is 46.1. The highest BCUT2D eigenvalue weighted by Crippen LogP contribution is 2.26. The monoisotopic (exact) mass is 353 g/mol. The Bertz CT molecular complexity index is 699. The summed E-state index contributed by atoms with van der Waals surface area (Å²) in [6.45, 7) is -0.0340. The molecule has 0 spiro atoms. The first-order valence-electron chi connectivity index (χ1n) is 7.60. The molecule has 1 amide bonds. The number of hydrogen-bond acceptors (Lipinski definition) is 3. The number of nitrogens with one attached hydrogen (secondary N) is 1. The highest BCUT2D eigenvalue weighted by atomic mass is 19.4. The van der Waals surface area contributed by atoms with Gasteiger partial charge in [0.15, 0.2) is 0 Å². The van der Waals surface area contributed by atoms with Crippen molar-refractivity contribution in [3.63, 3.8) is 0 Å². The van der Waals surface area contributed by atoms with Gasteiger partial charge < -0.3 is 14.8 Å². The molecule has 0 radical (unpaired) electrons. The molecule has 1 N–H and O–H groups in total. The van der Waals surface area contributed by atoms with Crippen LogP contribution in [-0.4, -0.2) is 19.4 Å². The summed E-state index contributed by atoms with van der Waals surface area (Å²) in [5.74, 6) is 0.164. The topological polar surface area (TPSA) is 47.6 Å². The molecule has 0 heterocycles. The highest BCUT2D eigenvalue weighted by molar-refractivity contribution is 5.76. The summed E-state index contributed by atoms with van der Waals surface area (Å²) in [4.78, 5) is 11.9. The van der Waals surface area contributed by atoms with Gasteiger partial charge in [0.2, 0.25) is 5.91 Å². The molecule has 7 heteroatoms. The molecule has 2 aromatic carbocycles. The van der Waals surface area contributed by atoms with Gasteiger partial charge in [-0.15, -0.1) is 13.2 Å². The third-order valence-electron chi connectivity index (χ3n) is 3.47. The fraction of sp³-hybridized carbons (Fsp3) is 0.278. The Hall–Kier alpha value is -2.70. The van der Waals surface area contributed by atoms with Gasteiger partial charge in [-0.2, -0.15) is 0 Å². The average Bonchev–Trinajstić information content (AvgIpc) is 2.58. The van der Waals surface area contributed by atoms with E-state index in [0.717, 1.165) is 11.3 Å². The third kappa shape index (κ3) is 6.37. The Kier molecular flexibility index (Phi) is 6.27. The highest BCUT2D eigenvalue weighted by Gasteiger charge is 2.31. The Morgan fingerprint density at radius 2 is 1.76 bits per heavy atom. The van der Waals surface area contributed by atoms with Crippen LogP contribution in [-0.2, 0) is 17.8 Å². The van der Waals surface area contributed by atoms with Crippen LogP contribution in [0, 0.1) is 0 Å². The second kappa shape index (κ2) is 8.41. The van der Waals surface area contributed by atoms with Gasteiger partial charge in [-0.25, -0.2) is 0 Å². The van der Waals surface area contributed by atoms with Crippen LogP contribution in [0.4, 0.5) is 13.2 Å². The van der Waals surface area contributed by atoms with Crippen molar-refractivity contribution in [2.45, 2.75) is 25.7 Å². The van der Waals surface area contributed by atoms with Crippen LogP contribution < -0.4 is 14.8 Å². The van der Waals surface area contributed by atoms with Crippen molar-refractivity contribution in [2.24, 2.45) is 0 Å². The smallest absolute Gasteiger partial charge is 0.497 e. The summed E-state index contributed by atoms with van der Waals surface area (Å²) in [7, 11) is 1.57. The first-order chi connectivity index (χ1) is 11.9. The SMILES string of the molecule is COc1ccc(CCC(=O)NCc2ccccc2OC(F)(F)F)cc1. The number of amides is 1. The number of hydrogen-bond donors (Lipinski definition) is 1. The predicted molar refractivity (Wildman–Crippen MR) is 86.3 cm³/mol. The first-order valence-corrected chi connectivity index (χ1v) is 7.60. The lowest BCUT2D eigenvalue weighted by Crippen LogP contribution is -2.24. The Balaban J connectivity index is 1.85. The van der Waals surface area contributed by atoms with E-state index in [1.54, 1.807) is 25.3 Å². The van der Waals surface area contributed by atoms with Crippen LogP contribution in [0.2, 0.25) is 0 Å². The van der Waals surface area contributed by atoms with Crippen molar-refractivity contribution in [2.75, 3.05) is 7.11 Å². The number of ether oxygens (including phenoxy) is 2. The van der Waals surface area contributed by atoms with Gasteiger partial charge >= 0.3 is 6.36 Å². The number of halogens is 3. The Morgan fingerprint density at radius 1 is 1.08 bits per heavy atom. The lowest BCUT2D eigenvalue weighted by atomic mass is 10.1. The van der Waals surface area contributed by atoms with E-state index >= 15 is 0 Å². The van der Waals surface area contributed by atoms with Gasteiger partial charge in [-0.1, -0.05) is 30.3 Å². The molecular formula is C18H18F3NO3. The van der Waals surface area contributed by atoms with E-state index in [2.05, 4.69) is 10.1 Å². The first kappa shape index (κ1) is 18.6. The molecule has 0 aliphatic rings.